The summed E-state index contributed by atoms with van der Waals surface area (Å²) in [7, 11) is 0. The van der Waals surface area contributed by atoms with Crippen molar-refractivity contribution in [2.75, 3.05) is 12.3 Å². The first-order valence-electron chi connectivity index (χ1n) is 7.26. The predicted molar refractivity (Wildman–Crippen MR) is 86.1 cm³/mol. The average Bonchev–Trinajstić information content (AvgIpc) is 2.37. The molecule has 1 amide bonds. The number of nitrogens with two attached hydrogens (primary N) is 1. The Kier molecular flexibility index (Phi) is 6.34. The third-order valence-corrected chi connectivity index (χ3v) is 3.74. The van der Waals surface area contributed by atoms with E-state index in [0.717, 1.165) is 19.4 Å². The quantitative estimate of drug-likeness (QED) is 0.799. The fourth-order valence-electron chi connectivity index (χ4n) is 2.38. The van der Waals surface area contributed by atoms with Crippen LogP contribution < -0.4 is 5.73 Å². The maximum atomic E-state index is 12.8. The summed E-state index contributed by atoms with van der Waals surface area (Å²) >= 11 is 6.17. The zero-order valence-electron chi connectivity index (χ0n) is 12.8. The molecular formula is C16H25ClN2O. The second-order valence-corrected chi connectivity index (χ2v) is 5.97. The van der Waals surface area contributed by atoms with Gasteiger partial charge in [-0.3, -0.25) is 4.79 Å². The van der Waals surface area contributed by atoms with Crippen LogP contribution in [0.5, 0.6) is 0 Å². The summed E-state index contributed by atoms with van der Waals surface area (Å²) in [6, 6.07) is 5.32. The van der Waals surface area contributed by atoms with Gasteiger partial charge in [0.2, 0.25) is 0 Å². The maximum absolute atomic E-state index is 12.8. The van der Waals surface area contributed by atoms with E-state index in [9.17, 15) is 4.79 Å². The van der Waals surface area contributed by atoms with Gasteiger partial charge in [0.15, 0.2) is 0 Å². The lowest BCUT2D eigenvalue weighted by Gasteiger charge is -2.32. The number of anilines is 1. The molecule has 0 bridgehead atoms. The molecule has 0 atom stereocenters. The molecule has 4 heteroatoms. The van der Waals surface area contributed by atoms with E-state index in [1.807, 2.05) is 4.90 Å². The summed E-state index contributed by atoms with van der Waals surface area (Å²) in [4.78, 5) is 14.7. The number of benzene rings is 1. The third kappa shape index (κ3) is 4.14. The molecule has 112 valence electrons. The van der Waals surface area contributed by atoms with E-state index in [2.05, 4.69) is 27.7 Å². The van der Waals surface area contributed by atoms with Crippen molar-refractivity contribution in [2.24, 2.45) is 5.92 Å². The van der Waals surface area contributed by atoms with Gasteiger partial charge in [0.25, 0.3) is 5.91 Å². The molecular weight excluding hydrogens is 272 g/mol. The highest BCUT2D eigenvalue weighted by Crippen LogP contribution is 2.23. The number of rotatable bonds is 6. The molecule has 0 radical (unpaired) electrons. The van der Waals surface area contributed by atoms with E-state index in [4.69, 9.17) is 17.3 Å². The van der Waals surface area contributed by atoms with E-state index >= 15 is 0 Å². The van der Waals surface area contributed by atoms with E-state index in [-0.39, 0.29) is 11.9 Å². The van der Waals surface area contributed by atoms with Gasteiger partial charge in [0.1, 0.15) is 0 Å². The Morgan fingerprint density at radius 2 is 1.90 bits per heavy atom. The summed E-state index contributed by atoms with van der Waals surface area (Å²) in [5.41, 5.74) is 6.80. The number of nitrogens with zero attached hydrogens (tertiary/aromatic N) is 1. The smallest absolute Gasteiger partial charge is 0.255 e. The molecule has 20 heavy (non-hydrogen) atoms. The van der Waals surface area contributed by atoms with Crippen molar-refractivity contribution in [1.82, 2.24) is 4.90 Å². The lowest BCUT2D eigenvalue weighted by atomic mass is 10.0. The van der Waals surface area contributed by atoms with Crippen LogP contribution in [0.15, 0.2) is 18.2 Å². The molecule has 0 unspecified atom stereocenters. The molecule has 0 aliphatic rings. The molecule has 0 aromatic heterocycles. The molecule has 0 aliphatic heterocycles. The van der Waals surface area contributed by atoms with Crippen LogP contribution in [0.25, 0.3) is 0 Å². The molecule has 3 nitrogen and oxygen atoms in total. The first kappa shape index (κ1) is 16.8. The third-order valence-electron chi connectivity index (χ3n) is 3.43. The lowest BCUT2D eigenvalue weighted by molar-refractivity contribution is 0.0640. The largest absolute Gasteiger partial charge is 0.399 e. The van der Waals surface area contributed by atoms with Crippen molar-refractivity contribution in [3.8, 4) is 0 Å². The SMILES string of the molecule is CCC(CC)N(CC(C)C)C(=O)c1ccc(N)cc1Cl. The average molecular weight is 297 g/mol. The van der Waals surface area contributed by atoms with Gasteiger partial charge in [-0.25, -0.2) is 0 Å². The van der Waals surface area contributed by atoms with E-state index in [1.165, 1.54) is 0 Å². The number of hydrogen-bond donors (Lipinski definition) is 1. The van der Waals surface area contributed by atoms with Gasteiger partial charge < -0.3 is 10.6 Å². The van der Waals surface area contributed by atoms with Gasteiger partial charge in [-0.1, -0.05) is 39.3 Å². The number of hydrogen-bond acceptors (Lipinski definition) is 2. The van der Waals surface area contributed by atoms with Gasteiger partial charge in [-0.05, 0) is 37.0 Å². The Morgan fingerprint density at radius 3 is 2.35 bits per heavy atom. The first-order chi connectivity index (χ1) is 9.40. The standard InChI is InChI=1S/C16H25ClN2O/c1-5-13(6-2)19(10-11(3)4)16(20)14-8-7-12(18)9-15(14)17/h7-9,11,13H,5-6,10,18H2,1-4H3. The molecule has 0 saturated heterocycles. The zero-order chi connectivity index (χ0) is 15.3. The van der Waals surface area contributed by atoms with Crippen LogP contribution in [0.1, 0.15) is 50.9 Å². The summed E-state index contributed by atoms with van der Waals surface area (Å²) in [6.07, 6.45) is 1.89. The van der Waals surface area contributed by atoms with Gasteiger partial charge >= 0.3 is 0 Å². The monoisotopic (exact) mass is 296 g/mol. The van der Waals surface area contributed by atoms with Crippen molar-refractivity contribution in [2.45, 2.75) is 46.6 Å². The molecule has 0 saturated carbocycles. The number of halogens is 1. The summed E-state index contributed by atoms with van der Waals surface area (Å²) in [5, 5.41) is 0.426. The normalized spacial score (nSPS) is 11.2. The zero-order valence-corrected chi connectivity index (χ0v) is 13.6. The number of carbonyl (C=O) groups excluding carboxylic acids is 1. The molecule has 0 heterocycles. The molecule has 0 aliphatic carbocycles. The Bertz CT molecular complexity index is 456. The lowest BCUT2D eigenvalue weighted by Crippen LogP contribution is -2.42. The second-order valence-electron chi connectivity index (χ2n) is 5.56. The summed E-state index contributed by atoms with van der Waals surface area (Å²) in [5.74, 6) is 0.421. The van der Waals surface area contributed by atoms with Crippen molar-refractivity contribution in [3.05, 3.63) is 28.8 Å². The fraction of sp³-hybridized carbons (Fsp3) is 0.562. The van der Waals surface area contributed by atoms with Crippen molar-refractivity contribution in [3.63, 3.8) is 0 Å². The van der Waals surface area contributed by atoms with Crippen LogP contribution in [0, 0.1) is 5.92 Å². The first-order valence-corrected chi connectivity index (χ1v) is 7.64. The van der Waals surface area contributed by atoms with Gasteiger partial charge in [-0.2, -0.15) is 0 Å². The maximum Gasteiger partial charge on any atom is 0.255 e. The fourth-order valence-corrected chi connectivity index (χ4v) is 2.65. The van der Waals surface area contributed by atoms with E-state index in [1.54, 1.807) is 18.2 Å². The minimum atomic E-state index is -0.00241. The molecule has 0 spiro atoms. The Morgan fingerprint density at radius 1 is 1.30 bits per heavy atom. The molecule has 1 aromatic rings. The predicted octanol–water partition coefficient (Wildman–Crippen LogP) is 4.21. The van der Waals surface area contributed by atoms with E-state index in [0.29, 0.717) is 22.2 Å². The molecule has 1 rings (SSSR count). The summed E-state index contributed by atoms with van der Waals surface area (Å²) < 4.78 is 0. The second kappa shape index (κ2) is 7.53. The van der Waals surface area contributed by atoms with Gasteiger partial charge in [0.05, 0.1) is 10.6 Å². The Labute approximate surface area is 127 Å². The van der Waals surface area contributed by atoms with Crippen molar-refractivity contribution in [1.29, 1.82) is 0 Å². The van der Waals surface area contributed by atoms with Crippen LogP contribution in [-0.4, -0.2) is 23.4 Å². The Balaban J connectivity index is 3.09. The minimum Gasteiger partial charge on any atom is -0.399 e. The molecule has 1 aromatic carbocycles. The van der Waals surface area contributed by atoms with E-state index < -0.39 is 0 Å². The van der Waals surface area contributed by atoms with Gasteiger partial charge in [0, 0.05) is 18.3 Å². The van der Waals surface area contributed by atoms with Crippen molar-refractivity contribution < 1.29 is 4.79 Å². The van der Waals surface area contributed by atoms with Crippen LogP contribution in [0.3, 0.4) is 0 Å². The van der Waals surface area contributed by atoms with Crippen LogP contribution in [0.2, 0.25) is 5.02 Å². The van der Waals surface area contributed by atoms with Crippen molar-refractivity contribution >= 4 is 23.2 Å². The van der Waals surface area contributed by atoms with Gasteiger partial charge in [-0.15, -0.1) is 0 Å². The van der Waals surface area contributed by atoms with Crippen LogP contribution in [0.4, 0.5) is 5.69 Å². The number of nitrogen functional groups attached to an aromatic ring is 1. The molecule has 0 fully saturated rings. The molecule has 2 N–H and O–H groups in total. The number of carbonyl (C=O) groups is 1. The minimum absolute atomic E-state index is 0.00241. The number of amides is 1. The summed E-state index contributed by atoms with van der Waals surface area (Å²) in [6.45, 7) is 9.20. The highest BCUT2D eigenvalue weighted by atomic mass is 35.5. The van der Waals surface area contributed by atoms with Crippen LogP contribution in [-0.2, 0) is 0 Å². The van der Waals surface area contributed by atoms with Crippen LogP contribution >= 0.6 is 11.6 Å². The highest BCUT2D eigenvalue weighted by molar-refractivity contribution is 6.34. The Hall–Kier alpha value is -1.22. The highest BCUT2D eigenvalue weighted by Gasteiger charge is 2.24. The topological polar surface area (TPSA) is 46.3 Å².